The third-order valence-corrected chi connectivity index (χ3v) is 3.40. The Morgan fingerprint density at radius 3 is 2.65 bits per heavy atom. The van der Waals surface area contributed by atoms with Crippen LogP contribution >= 0.6 is 0 Å². The van der Waals surface area contributed by atoms with Crippen LogP contribution in [0.15, 0.2) is 18.2 Å². The average Bonchev–Trinajstić information content (AvgIpc) is 2.47. The van der Waals surface area contributed by atoms with E-state index in [0.29, 0.717) is 30.2 Å². The molecule has 1 rings (SSSR count). The maximum absolute atomic E-state index is 12.6. The Bertz CT molecular complexity index is 449. The molecule has 0 saturated heterocycles. The summed E-state index contributed by atoms with van der Waals surface area (Å²) >= 11 is 0. The van der Waals surface area contributed by atoms with E-state index < -0.39 is 0 Å². The first-order chi connectivity index (χ1) is 9.54. The fourth-order valence-electron chi connectivity index (χ4n) is 1.94. The Labute approximate surface area is 120 Å². The molecule has 0 aromatic heterocycles. The monoisotopic (exact) mass is 280 g/mol. The molecule has 20 heavy (non-hydrogen) atoms. The number of ether oxygens (including phenoxy) is 2. The number of nitrogen functional groups attached to an aromatic ring is 1. The van der Waals surface area contributed by atoms with Crippen molar-refractivity contribution in [1.82, 2.24) is 4.90 Å². The van der Waals surface area contributed by atoms with Crippen molar-refractivity contribution in [3.63, 3.8) is 0 Å². The number of anilines is 1. The number of carbonyl (C=O) groups is 1. The molecule has 0 aliphatic carbocycles. The van der Waals surface area contributed by atoms with Gasteiger partial charge in [-0.25, -0.2) is 0 Å². The lowest BCUT2D eigenvalue weighted by molar-refractivity contribution is 0.0613. The first kappa shape index (κ1) is 16.3. The van der Waals surface area contributed by atoms with Crippen molar-refractivity contribution in [1.29, 1.82) is 0 Å². The summed E-state index contributed by atoms with van der Waals surface area (Å²) in [7, 11) is 3.17. The van der Waals surface area contributed by atoms with Gasteiger partial charge >= 0.3 is 0 Å². The van der Waals surface area contributed by atoms with Crippen LogP contribution in [-0.2, 0) is 4.74 Å². The third-order valence-electron chi connectivity index (χ3n) is 3.40. The van der Waals surface area contributed by atoms with Crippen LogP contribution in [0.5, 0.6) is 5.75 Å². The Hall–Kier alpha value is -1.75. The van der Waals surface area contributed by atoms with Gasteiger partial charge < -0.3 is 20.1 Å². The topological polar surface area (TPSA) is 64.8 Å². The van der Waals surface area contributed by atoms with Crippen LogP contribution in [0.2, 0.25) is 0 Å². The lowest BCUT2D eigenvalue weighted by Crippen LogP contribution is -2.40. The van der Waals surface area contributed by atoms with Crippen molar-refractivity contribution in [2.75, 3.05) is 33.1 Å². The Morgan fingerprint density at radius 1 is 1.40 bits per heavy atom. The van der Waals surface area contributed by atoms with Crippen molar-refractivity contribution in [2.45, 2.75) is 26.3 Å². The molecule has 112 valence electrons. The summed E-state index contributed by atoms with van der Waals surface area (Å²) in [5.41, 5.74) is 6.87. The zero-order chi connectivity index (χ0) is 15.1. The summed E-state index contributed by atoms with van der Waals surface area (Å²) in [6, 6.07) is 5.25. The number of carbonyl (C=O) groups excluding carboxylic acids is 1. The van der Waals surface area contributed by atoms with E-state index in [1.165, 1.54) is 7.11 Å². The summed E-state index contributed by atoms with van der Waals surface area (Å²) in [5, 5.41) is 0. The molecule has 1 aromatic carbocycles. The van der Waals surface area contributed by atoms with Crippen LogP contribution < -0.4 is 10.5 Å². The van der Waals surface area contributed by atoms with Crippen LogP contribution in [-0.4, -0.2) is 44.2 Å². The molecule has 0 saturated carbocycles. The maximum atomic E-state index is 12.6. The molecule has 0 aliphatic rings. The fraction of sp³-hybridized carbons (Fsp3) is 0.533. The zero-order valence-electron chi connectivity index (χ0n) is 12.7. The van der Waals surface area contributed by atoms with Crippen molar-refractivity contribution in [3.05, 3.63) is 23.8 Å². The Kier molecular flexibility index (Phi) is 6.31. The van der Waals surface area contributed by atoms with E-state index in [2.05, 4.69) is 6.92 Å². The molecule has 0 aliphatic heterocycles. The van der Waals surface area contributed by atoms with Gasteiger partial charge in [-0.05, 0) is 31.5 Å². The predicted molar refractivity (Wildman–Crippen MR) is 80.1 cm³/mol. The second-order valence-electron chi connectivity index (χ2n) is 4.71. The SMILES string of the molecule is CCC(C)N(CCOC)C(=O)c1ccc(N)c(OC)c1. The number of methoxy groups -OCH3 is 2. The summed E-state index contributed by atoms with van der Waals surface area (Å²) in [6.07, 6.45) is 0.890. The van der Waals surface area contributed by atoms with E-state index in [0.717, 1.165) is 6.42 Å². The molecule has 1 unspecified atom stereocenters. The van der Waals surface area contributed by atoms with E-state index in [-0.39, 0.29) is 11.9 Å². The molecule has 2 N–H and O–H groups in total. The van der Waals surface area contributed by atoms with Crippen molar-refractivity contribution >= 4 is 11.6 Å². The molecule has 5 nitrogen and oxygen atoms in total. The van der Waals surface area contributed by atoms with E-state index in [1.54, 1.807) is 25.3 Å². The Morgan fingerprint density at radius 2 is 2.10 bits per heavy atom. The minimum absolute atomic E-state index is 0.0327. The Balaban J connectivity index is 2.98. The molecule has 5 heteroatoms. The highest BCUT2D eigenvalue weighted by Gasteiger charge is 2.21. The molecule has 0 radical (unpaired) electrons. The predicted octanol–water partition coefficient (Wildman–Crippen LogP) is 2.16. The molecule has 1 aromatic rings. The lowest BCUT2D eigenvalue weighted by atomic mass is 10.1. The number of hydrogen-bond acceptors (Lipinski definition) is 4. The largest absolute Gasteiger partial charge is 0.495 e. The highest BCUT2D eigenvalue weighted by Crippen LogP contribution is 2.23. The van der Waals surface area contributed by atoms with Gasteiger partial charge in [0.1, 0.15) is 5.75 Å². The van der Waals surface area contributed by atoms with E-state index >= 15 is 0 Å². The molecule has 0 spiro atoms. The molecule has 0 bridgehead atoms. The first-order valence-corrected chi connectivity index (χ1v) is 6.78. The van der Waals surface area contributed by atoms with Crippen LogP contribution in [0, 0.1) is 0 Å². The fourth-order valence-corrected chi connectivity index (χ4v) is 1.94. The van der Waals surface area contributed by atoms with E-state index in [1.807, 2.05) is 11.8 Å². The normalized spacial score (nSPS) is 12.0. The van der Waals surface area contributed by atoms with E-state index in [4.69, 9.17) is 15.2 Å². The number of amides is 1. The molecule has 0 heterocycles. The van der Waals surface area contributed by atoms with Gasteiger partial charge in [-0.15, -0.1) is 0 Å². The smallest absolute Gasteiger partial charge is 0.254 e. The number of nitrogens with zero attached hydrogens (tertiary/aromatic N) is 1. The van der Waals surface area contributed by atoms with Crippen molar-refractivity contribution < 1.29 is 14.3 Å². The van der Waals surface area contributed by atoms with E-state index in [9.17, 15) is 4.79 Å². The minimum Gasteiger partial charge on any atom is -0.495 e. The van der Waals surface area contributed by atoms with Gasteiger partial charge in [0.2, 0.25) is 0 Å². The van der Waals surface area contributed by atoms with Gasteiger partial charge in [-0.3, -0.25) is 4.79 Å². The van der Waals surface area contributed by atoms with Gasteiger partial charge in [0.25, 0.3) is 5.91 Å². The molecular weight excluding hydrogens is 256 g/mol. The van der Waals surface area contributed by atoms with Crippen LogP contribution in [0.4, 0.5) is 5.69 Å². The van der Waals surface area contributed by atoms with Crippen molar-refractivity contribution in [2.24, 2.45) is 0 Å². The second-order valence-corrected chi connectivity index (χ2v) is 4.71. The summed E-state index contributed by atoms with van der Waals surface area (Å²) in [4.78, 5) is 14.4. The molecule has 0 fully saturated rings. The highest BCUT2D eigenvalue weighted by molar-refractivity contribution is 5.95. The lowest BCUT2D eigenvalue weighted by Gasteiger charge is -2.28. The molecule has 1 atom stereocenters. The summed E-state index contributed by atoms with van der Waals surface area (Å²) in [5.74, 6) is 0.487. The van der Waals surface area contributed by atoms with Crippen LogP contribution in [0.25, 0.3) is 0 Å². The maximum Gasteiger partial charge on any atom is 0.254 e. The number of nitrogens with two attached hydrogens (primary N) is 1. The summed E-state index contributed by atoms with van der Waals surface area (Å²) in [6.45, 7) is 5.17. The zero-order valence-corrected chi connectivity index (χ0v) is 12.7. The second kappa shape index (κ2) is 7.75. The third kappa shape index (κ3) is 3.87. The van der Waals surface area contributed by atoms with Gasteiger partial charge in [0.15, 0.2) is 0 Å². The standard InChI is InChI=1S/C15H24N2O3/c1-5-11(2)17(8-9-19-3)15(18)12-6-7-13(16)14(10-12)20-4/h6-7,10-11H,5,8-9,16H2,1-4H3. The molecular formula is C15H24N2O3. The van der Waals surface area contributed by atoms with Gasteiger partial charge in [0, 0.05) is 25.3 Å². The van der Waals surface area contributed by atoms with Gasteiger partial charge in [-0.1, -0.05) is 6.92 Å². The van der Waals surface area contributed by atoms with Gasteiger partial charge in [-0.2, -0.15) is 0 Å². The van der Waals surface area contributed by atoms with Crippen LogP contribution in [0.3, 0.4) is 0 Å². The highest BCUT2D eigenvalue weighted by atomic mass is 16.5. The van der Waals surface area contributed by atoms with Gasteiger partial charge in [0.05, 0.1) is 19.4 Å². The first-order valence-electron chi connectivity index (χ1n) is 6.78. The quantitative estimate of drug-likeness (QED) is 0.777. The number of rotatable bonds is 7. The number of hydrogen-bond donors (Lipinski definition) is 1. The minimum atomic E-state index is -0.0327. The van der Waals surface area contributed by atoms with Crippen LogP contribution in [0.1, 0.15) is 30.6 Å². The molecule has 1 amide bonds. The summed E-state index contributed by atoms with van der Waals surface area (Å²) < 4.78 is 10.2. The number of benzene rings is 1. The average molecular weight is 280 g/mol. The van der Waals surface area contributed by atoms with Crippen molar-refractivity contribution in [3.8, 4) is 5.75 Å².